The number of aliphatic hydroxyl groups is 1. The average Bonchev–Trinajstić information content (AvgIpc) is 2.38. The monoisotopic (exact) mass is 243 g/mol. The predicted molar refractivity (Wildman–Crippen MR) is 72.9 cm³/mol. The molecule has 0 aliphatic carbocycles. The summed E-state index contributed by atoms with van der Waals surface area (Å²) in [6.45, 7) is 2.29. The molecule has 94 valence electrons. The van der Waals surface area contributed by atoms with Crippen LogP contribution >= 0.6 is 0 Å². The first-order chi connectivity index (χ1) is 8.72. The van der Waals surface area contributed by atoms with Gasteiger partial charge in [-0.25, -0.2) is 0 Å². The van der Waals surface area contributed by atoms with Gasteiger partial charge in [0.25, 0.3) is 0 Å². The molecule has 2 rings (SSSR count). The molecule has 2 N–H and O–H groups in total. The Bertz CT molecular complexity index is 546. The molecule has 0 aliphatic heterocycles. The van der Waals surface area contributed by atoms with Crippen LogP contribution in [0.25, 0.3) is 10.8 Å². The summed E-state index contributed by atoms with van der Waals surface area (Å²) in [6.07, 6.45) is -0.489. The van der Waals surface area contributed by atoms with Crippen LogP contribution in [0.4, 0.5) is 0 Å². The smallest absolute Gasteiger partial charge is 0.183 e. The first kappa shape index (κ1) is 12.6. The van der Waals surface area contributed by atoms with E-state index in [4.69, 9.17) is 10.1 Å². The van der Waals surface area contributed by atoms with Crippen molar-refractivity contribution in [3.8, 4) is 0 Å². The predicted octanol–water partition coefficient (Wildman–Crippen LogP) is 3.28. The molecule has 18 heavy (non-hydrogen) atoms. The van der Waals surface area contributed by atoms with Crippen LogP contribution in [0.15, 0.2) is 42.5 Å². The Balaban J connectivity index is 2.27. The van der Waals surface area contributed by atoms with Crippen molar-refractivity contribution in [2.24, 2.45) is 0 Å². The number of aliphatic hydroxyl groups excluding tert-OH is 1. The van der Waals surface area contributed by atoms with E-state index < -0.39 is 6.10 Å². The van der Waals surface area contributed by atoms with Gasteiger partial charge in [-0.2, -0.15) is 0 Å². The average molecular weight is 243 g/mol. The Labute approximate surface area is 107 Å². The van der Waals surface area contributed by atoms with Gasteiger partial charge in [-0.3, -0.25) is 5.41 Å². The molecule has 0 fully saturated rings. The zero-order valence-electron chi connectivity index (χ0n) is 10.4. The topological polar surface area (TPSA) is 53.3 Å². The Morgan fingerprint density at radius 3 is 2.72 bits per heavy atom. The number of nitrogens with one attached hydrogen (secondary N) is 1. The van der Waals surface area contributed by atoms with Crippen molar-refractivity contribution >= 4 is 16.7 Å². The number of ether oxygens (including phenoxy) is 1. The van der Waals surface area contributed by atoms with Gasteiger partial charge in [-0.1, -0.05) is 42.5 Å². The van der Waals surface area contributed by atoms with Gasteiger partial charge in [0.1, 0.15) is 0 Å². The Kier molecular flexibility index (Phi) is 3.95. The lowest BCUT2D eigenvalue weighted by Crippen LogP contribution is -2.09. The minimum Gasteiger partial charge on any atom is -0.481 e. The maximum absolute atomic E-state index is 10.2. The van der Waals surface area contributed by atoms with Crippen LogP contribution in [0.5, 0.6) is 0 Å². The van der Waals surface area contributed by atoms with Gasteiger partial charge >= 0.3 is 0 Å². The minimum atomic E-state index is -0.699. The summed E-state index contributed by atoms with van der Waals surface area (Å²) in [6, 6.07) is 13.8. The number of fused-ring (bicyclic) bond motifs is 1. The molecule has 0 bridgehead atoms. The minimum absolute atomic E-state index is 0.123. The first-order valence-electron chi connectivity index (χ1n) is 6.08. The fraction of sp³-hybridized carbons (Fsp3) is 0.267. The van der Waals surface area contributed by atoms with Crippen LogP contribution in [0.2, 0.25) is 0 Å². The summed E-state index contributed by atoms with van der Waals surface area (Å²) in [7, 11) is 0. The van der Waals surface area contributed by atoms with E-state index in [2.05, 4.69) is 0 Å². The fourth-order valence-electron chi connectivity index (χ4n) is 2.06. The van der Waals surface area contributed by atoms with Crippen molar-refractivity contribution in [1.82, 2.24) is 0 Å². The number of rotatable bonds is 4. The van der Waals surface area contributed by atoms with E-state index in [1.807, 2.05) is 49.4 Å². The Morgan fingerprint density at radius 2 is 1.94 bits per heavy atom. The Hall–Kier alpha value is -1.87. The molecule has 0 saturated carbocycles. The summed E-state index contributed by atoms with van der Waals surface area (Å²) in [4.78, 5) is 0. The molecule has 3 heteroatoms. The molecule has 0 spiro atoms. The lowest BCUT2D eigenvalue weighted by atomic mass is 9.99. The van der Waals surface area contributed by atoms with Crippen LogP contribution in [0.1, 0.15) is 25.0 Å². The normalized spacial score (nSPS) is 12.3. The summed E-state index contributed by atoms with van der Waals surface area (Å²) in [5.41, 5.74) is 0.845. The second-order valence-corrected chi connectivity index (χ2v) is 4.14. The van der Waals surface area contributed by atoms with Crippen LogP contribution in [0, 0.1) is 5.41 Å². The second-order valence-electron chi connectivity index (χ2n) is 4.14. The zero-order valence-corrected chi connectivity index (χ0v) is 10.4. The SMILES string of the molecule is CCOC(=N)CC(O)c1cccc2ccccc12. The number of benzene rings is 2. The highest BCUT2D eigenvalue weighted by Crippen LogP contribution is 2.26. The molecule has 0 aromatic heterocycles. The van der Waals surface area contributed by atoms with Gasteiger partial charge in [0.05, 0.1) is 19.1 Å². The maximum atomic E-state index is 10.2. The maximum Gasteiger partial charge on any atom is 0.183 e. The van der Waals surface area contributed by atoms with Crippen LogP contribution < -0.4 is 0 Å². The summed E-state index contributed by atoms with van der Waals surface area (Å²) in [5.74, 6) is 0.123. The van der Waals surface area contributed by atoms with Crippen molar-refractivity contribution in [3.05, 3.63) is 48.0 Å². The second kappa shape index (κ2) is 5.65. The number of hydrogen-bond donors (Lipinski definition) is 2. The molecule has 0 heterocycles. The molecule has 2 aromatic carbocycles. The highest BCUT2D eigenvalue weighted by atomic mass is 16.5. The summed E-state index contributed by atoms with van der Waals surface area (Å²) >= 11 is 0. The van der Waals surface area contributed by atoms with Crippen molar-refractivity contribution in [2.75, 3.05) is 6.61 Å². The van der Waals surface area contributed by atoms with Gasteiger partial charge in [-0.15, -0.1) is 0 Å². The molecule has 3 nitrogen and oxygen atoms in total. The van der Waals surface area contributed by atoms with Gasteiger partial charge in [0, 0.05) is 0 Å². The first-order valence-corrected chi connectivity index (χ1v) is 6.08. The molecule has 0 saturated heterocycles. The highest BCUT2D eigenvalue weighted by molar-refractivity contribution is 5.86. The van der Waals surface area contributed by atoms with E-state index in [1.165, 1.54) is 0 Å². The third-order valence-corrected chi connectivity index (χ3v) is 2.88. The van der Waals surface area contributed by atoms with Gasteiger partial charge in [0.15, 0.2) is 5.90 Å². The Morgan fingerprint density at radius 1 is 1.22 bits per heavy atom. The quantitative estimate of drug-likeness (QED) is 0.639. The molecule has 0 radical (unpaired) electrons. The van der Waals surface area contributed by atoms with E-state index in [1.54, 1.807) is 0 Å². The van der Waals surface area contributed by atoms with E-state index in [-0.39, 0.29) is 12.3 Å². The largest absolute Gasteiger partial charge is 0.481 e. The lowest BCUT2D eigenvalue weighted by molar-refractivity contribution is 0.175. The molecular formula is C15H17NO2. The molecule has 1 atom stereocenters. The third-order valence-electron chi connectivity index (χ3n) is 2.88. The summed E-state index contributed by atoms with van der Waals surface area (Å²) < 4.78 is 5.07. The fourth-order valence-corrected chi connectivity index (χ4v) is 2.06. The standard InChI is InChI=1S/C15H17NO2/c1-2-18-15(16)10-14(17)13-9-5-7-11-6-3-4-8-12(11)13/h3-9,14,16-17H,2,10H2,1H3. The van der Waals surface area contributed by atoms with Crippen molar-refractivity contribution < 1.29 is 9.84 Å². The van der Waals surface area contributed by atoms with Crippen molar-refractivity contribution in [2.45, 2.75) is 19.4 Å². The molecule has 0 amide bonds. The molecule has 2 aromatic rings. The van der Waals surface area contributed by atoms with E-state index in [0.717, 1.165) is 16.3 Å². The summed E-state index contributed by atoms with van der Waals surface area (Å²) in [5, 5.41) is 19.9. The van der Waals surface area contributed by atoms with E-state index >= 15 is 0 Å². The van der Waals surface area contributed by atoms with E-state index in [0.29, 0.717) is 6.61 Å². The van der Waals surface area contributed by atoms with Crippen LogP contribution in [0.3, 0.4) is 0 Å². The van der Waals surface area contributed by atoms with Gasteiger partial charge in [-0.05, 0) is 23.3 Å². The lowest BCUT2D eigenvalue weighted by Gasteiger charge is -2.14. The molecule has 0 aliphatic rings. The van der Waals surface area contributed by atoms with Gasteiger partial charge in [0.2, 0.25) is 0 Å². The molecular weight excluding hydrogens is 226 g/mol. The number of hydrogen-bond acceptors (Lipinski definition) is 3. The van der Waals surface area contributed by atoms with Crippen LogP contribution in [-0.4, -0.2) is 17.6 Å². The highest BCUT2D eigenvalue weighted by Gasteiger charge is 2.13. The third kappa shape index (κ3) is 2.68. The van der Waals surface area contributed by atoms with Gasteiger partial charge < -0.3 is 9.84 Å². The van der Waals surface area contributed by atoms with Crippen molar-refractivity contribution in [1.29, 1.82) is 5.41 Å². The molecule has 1 unspecified atom stereocenters. The van der Waals surface area contributed by atoms with Crippen molar-refractivity contribution in [3.63, 3.8) is 0 Å². The van der Waals surface area contributed by atoms with Crippen LogP contribution in [-0.2, 0) is 4.74 Å². The zero-order chi connectivity index (χ0) is 13.0. The van der Waals surface area contributed by atoms with E-state index in [9.17, 15) is 5.11 Å².